The van der Waals surface area contributed by atoms with Crippen LogP contribution in [0.1, 0.15) is 38.7 Å². The third kappa shape index (κ3) is 4.26. The molecule has 0 saturated carbocycles. The number of hydrogen-bond donors (Lipinski definition) is 0. The average molecular weight is 438 g/mol. The average Bonchev–Trinajstić information content (AvgIpc) is 3.36. The highest BCUT2D eigenvalue weighted by atomic mass is 16.7. The van der Waals surface area contributed by atoms with Crippen molar-refractivity contribution >= 4 is 23.4 Å². The summed E-state index contributed by atoms with van der Waals surface area (Å²) in [6, 6.07) is 11.4. The Hall–Kier alpha value is -3.55. The standard InChI is InChI=1S/C24H26N2O6/c1-3-5-22(27)25(14-16-6-11-20-21(12-16)32-15-31-20)19-13-23(28)26(24(19)29)17-7-9-18(10-8-17)30-4-2/h6-12,19H,3-5,13-15H2,1-2H3. The van der Waals surface area contributed by atoms with E-state index in [1.54, 1.807) is 36.4 Å². The highest BCUT2D eigenvalue weighted by molar-refractivity contribution is 6.23. The van der Waals surface area contributed by atoms with Gasteiger partial charge in [0, 0.05) is 13.0 Å². The number of rotatable bonds is 8. The number of nitrogens with zero attached hydrogens (tertiary/aromatic N) is 2. The molecule has 1 saturated heterocycles. The minimum Gasteiger partial charge on any atom is -0.494 e. The molecule has 0 aromatic heterocycles. The minimum atomic E-state index is -0.849. The van der Waals surface area contributed by atoms with E-state index in [2.05, 4.69) is 0 Å². The van der Waals surface area contributed by atoms with E-state index in [1.165, 1.54) is 4.90 Å². The van der Waals surface area contributed by atoms with E-state index >= 15 is 0 Å². The van der Waals surface area contributed by atoms with Crippen LogP contribution in [-0.2, 0) is 20.9 Å². The Bertz CT molecular complexity index is 1020. The summed E-state index contributed by atoms with van der Waals surface area (Å²) in [5, 5.41) is 0. The van der Waals surface area contributed by atoms with Gasteiger partial charge in [0.1, 0.15) is 11.8 Å². The third-order valence-electron chi connectivity index (χ3n) is 5.48. The lowest BCUT2D eigenvalue weighted by Crippen LogP contribution is -2.45. The molecule has 1 unspecified atom stereocenters. The highest BCUT2D eigenvalue weighted by Crippen LogP contribution is 2.34. The Balaban J connectivity index is 1.57. The van der Waals surface area contributed by atoms with Crippen LogP contribution in [0.2, 0.25) is 0 Å². The summed E-state index contributed by atoms with van der Waals surface area (Å²) < 4.78 is 16.2. The fraction of sp³-hybridized carbons (Fsp3) is 0.375. The lowest BCUT2D eigenvalue weighted by atomic mass is 10.1. The van der Waals surface area contributed by atoms with Crippen LogP contribution in [0.15, 0.2) is 42.5 Å². The van der Waals surface area contributed by atoms with Gasteiger partial charge in [-0.3, -0.25) is 14.4 Å². The number of ether oxygens (including phenoxy) is 3. The van der Waals surface area contributed by atoms with Crippen LogP contribution in [0.4, 0.5) is 5.69 Å². The smallest absolute Gasteiger partial charge is 0.257 e. The summed E-state index contributed by atoms with van der Waals surface area (Å²) in [6.07, 6.45) is 0.894. The van der Waals surface area contributed by atoms with Crippen LogP contribution < -0.4 is 19.1 Å². The van der Waals surface area contributed by atoms with Gasteiger partial charge in [-0.15, -0.1) is 0 Å². The number of anilines is 1. The first-order valence-electron chi connectivity index (χ1n) is 10.8. The first-order chi connectivity index (χ1) is 15.5. The molecule has 0 bridgehead atoms. The Morgan fingerprint density at radius 2 is 1.84 bits per heavy atom. The Labute approximate surface area is 186 Å². The van der Waals surface area contributed by atoms with E-state index in [4.69, 9.17) is 14.2 Å². The Kier molecular flexibility index (Phi) is 6.30. The maximum atomic E-state index is 13.3. The van der Waals surface area contributed by atoms with E-state index in [0.717, 1.165) is 10.5 Å². The molecule has 2 aliphatic heterocycles. The Morgan fingerprint density at radius 1 is 1.09 bits per heavy atom. The second-order valence-corrected chi connectivity index (χ2v) is 7.67. The molecule has 0 spiro atoms. The lowest BCUT2D eigenvalue weighted by Gasteiger charge is -2.28. The van der Waals surface area contributed by atoms with Gasteiger partial charge in [0.05, 0.1) is 18.7 Å². The van der Waals surface area contributed by atoms with Gasteiger partial charge >= 0.3 is 0 Å². The summed E-state index contributed by atoms with van der Waals surface area (Å²) in [7, 11) is 0. The molecule has 2 aromatic rings. The second kappa shape index (κ2) is 9.30. The molecule has 1 atom stereocenters. The van der Waals surface area contributed by atoms with Gasteiger partial charge in [0.2, 0.25) is 18.6 Å². The maximum absolute atomic E-state index is 13.3. The summed E-state index contributed by atoms with van der Waals surface area (Å²) in [4.78, 5) is 41.7. The van der Waals surface area contributed by atoms with Crippen LogP contribution in [0.5, 0.6) is 17.2 Å². The van der Waals surface area contributed by atoms with E-state index in [9.17, 15) is 14.4 Å². The number of carbonyl (C=O) groups excluding carboxylic acids is 3. The summed E-state index contributed by atoms with van der Waals surface area (Å²) >= 11 is 0. The van der Waals surface area contributed by atoms with E-state index < -0.39 is 11.9 Å². The van der Waals surface area contributed by atoms with Gasteiger partial charge in [0.25, 0.3) is 5.91 Å². The van der Waals surface area contributed by atoms with Gasteiger partial charge < -0.3 is 19.1 Å². The summed E-state index contributed by atoms with van der Waals surface area (Å²) in [5.41, 5.74) is 1.27. The number of imide groups is 1. The molecule has 0 N–H and O–H groups in total. The first kappa shape index (κ1) is 21.7. The quantitative estimate of drug-likeness (QED) is 0.588. The van der Waals surface area contributed by atoms with Gasteiger partial charge in [-0.05, 0) is 55.3 Å². The predicted octanol–water partition coefficient (Wildman–Crippen LogP) is 3.27. The molecular weight excluding hydrogens is 412 g/mol. The van der Waals surface area contributed by atoms with Crippen molar-refractivity contribution in [3.63, 3.8) is 0 Å². The minimum absolute atomic E-state index is 0.0496. The molecule has 0 radical (unpaired) electrons. The fourth-order valence-electron chi connectivity index (χ4n) is 3.95. The SMILES string of the molecule is CCCC(=O)N(Cc1ccc2c(c1)OCO2)C1CC(=O)N(c2ccc(OCC)cc2)C1=O. The number of hydrogen-bond acceptors (Lipinski definition) is 6. The topological polar surface area (TPSA) is 85.4 Å². The van der Waals surface area contributed by atoms with Gasteiger partial charge in [0.15, 0.2) is 11.5 Å². The van der Waals surface area contributed by atoms with Crippen molar-refractivity contribution in [2.45, 2.75) is 45.7 Å². The largest absolute Gasteiger partial charge is 0.494 e. The first-order valence-corrected chi connectivity index (χ1v) is 10.8. The highest BCUT2D eigenvalue weighted by Gasteiger charge is 2.44. The van der Waals surface area contributed by atoms with Gasteiger partial charge in [-0.1, -0.05) is 13.0 Å². The molecule has 4 rings (SSSR count). The van der Waals surface area contributed by atoms with Crippen molar-refractivity contribution in [3.8, 4) is 17.2 Å². The molecule has 2 aliphatic rings. The van der Waals surface area contributed by atoms with Gasteiger partial charge in [-0.2, -0.15) is 0 Å². The van der Waals surface area contributed by atoms with Crippen LogP contribution >= 0.6 is 0 Å². The number of carbonyl (C=O) groups is 3. The van der Waals surface area contributed by atoms with Crippen molar-refractivity contribution in [1.29, 1.82) is 0 Å². The number of amides is 3. The van der Waals surface area contributed by atoms with Crippen molar-refractivity contribution in [2.75, 3.05) is 18.3 Å². The fourth-order valence-corrected chi connectivity index (χ4v) is 3.95. The zero-order valence-corrected chi connectivity index (χ0v) is 18.2. The summed E-state index contributed by atoms with van der Waals surface area (Å²) in [5.74, 6) is 1.03. The zero-order valence-electron chi connectivity index (χ0n) is 18.2. The lowest BCUT2D eigenvalue weighted by molar-refractivity contribution is -0.139. The molecule has 168 valence electrons. The maximum Gasteiger partial charge on any atom is 0.257 e. The zero-order chi connectivity index (χ0) is 22.7. The van der Waals surface area contributed by atoms with Crippen molar-refractivity contribution in [1.82, 2.24) is 4.90 Å². The van der Waals surface area contributed by atoms with Crippen LogP contribution in [0, 0.1) is 0 Å². The molecule has 0 aliphatic carbocycles. The van der Waals surface area contributed by atoms with Crippen molar-refractivity contribution in [3.05, 3.63) is 48.0 Å². The van der Waals surface area contributed by atoms with E-state index in [-0.39, 0.29) is 31.6 Å². The van der Waals surface area contributed by atoms with Crippen molar-refractivity contribution < 1.29 is 28.6 Å². The number of fused-ring (bicyclic) bond motifs is 1. The van der Waals surface area contributed by atoms with Crippen molar-refractivity contribution in [2.24, 2.45) is 0 Å². The number of benzene rings is 2. The molecule has 8 nitrogen and oxygen atoms in total. The Morgan fingerprint density at radius 3 is 2.56 bits per heavy atom. The molecule has 8 heteroatoms. The monoisotopic (exact) mass is 438 g/mol. The molecular formula is C24H26N2O6. The predicted molar refractivity (Wildman–Crippen MR) is 117 cm³/mol. The molecule has 2 aromatic carbocycles. The molecule has 2 heterocycles. The van der Waals surface area contributed by atoms with E-state index in [0.29, 0.717) is 42.4 Å². The molecule has 3 amide bonds. The van der Waals surface area contributed by atoms with Crippen LogP contribution in [0.3, 0.4) is 0 Å². The third-order valence-corrected chi connectivity index (χ3v) is 5.48. The summed E-state index contributed by atoms with van der Waals surface area (Å²) in [6.45, 7) is 4.68. The van der Waals surface area contributed by atoms with Crippen LogP contribution in [-0.4, -0.2) is 42.1 Å². The van der Waals surface area contributed by atoms with E-state index in [1.807, 2.05) is 19.9 Å². The molecule has 32 heavy (non-hydrogen) atoms. The van der Waals surface area contributed by atoms with Crippen LogP contribution in [0.25, 0.3) is 0 Å². The molecule has 1 fully saturated rings. The second-order valence-electron chi connectivity index (χ2n) is 7.67. The van der Waals surface area contributed by atoms with Gasteiger partial charge in [-0.25, -0.2) is 4.90 Å². The normalized spacial score (nSPS) is 17.1.